The molecule has 1 heterocycles. The SMILES string of the molecule is C/C(=N\NC(=O)COc1cccc(Br)c1)c1ccc2c(c1)Nc1ccccc1S2. The van der Waals surface area contributed by atoms with Crippen LogP contribution in [0, 0.1) is 0 Å². The second kappa shape index (κ2) is 8.71. The Morgan fingerprint density at radius 3 is 2.76 bits per heavy atom. The van der Waals surface area contributed by atoms with E-state index in [9.17, 15) is 4.79 Å². The molecule has 0 saturated carbocycles. The number of anilines is 2. The lowest BCUT2D eigenvalue weighted by Crippen LogP contribution is -2.25. The van der Waals surface area contributed by atoms with Crippen molar-refractivity contribution in [3.05, 3.63) is 76.8 Å². The van der Waals surface area contributed by atoms with Crippen LogP contribution < -0.4 is 15.5 Å². The number of para-hydroxylation sites is 1. The number of hydrogen-bond acceptors (Lipinski definition) is 5. The second-order valence-electron chi connectivity index (χ2n) is 6.41. The number of nitrogens with zero attached hydrogens (tertiary/aromatic N) is 1. The van der Waals surface area contributed by atoms with Crippen molar-refractivity contribution in [3.63, 3.8) is 0 Å². The number of amides is 1. The highest BCUT2D eigenvalue weighted by atomic mass is 79.9. The predicted molar refractivity (Wildman–Crippen MR) is 120 cm³/mol. The number of hydrazone groups is 1. The van der Waals surface area contributed by atoms with E-state index < -0.39 is 0 Å². The van der Waals surface area contributed by atoms with Crippen molar-refractivity contribution in [1.29, 1.82) is 0 Å². The Hall–Kier alpha value is -2.77. The van der Waals surface area contributed by atoms with Crippen molar-refractivity contribution in [3.8, 4) is 5.75 Å². The van der Waals surface area contributed by atoms with Crippen LogP contribution in [0.2, 0.25) is 0 Å². The van der Waals surface area contributed by atoms with Crippen LogP contribution in [0.1, 0.15) is 12.5 Å². The first-order chi connectivity index (χ1) is 14.1. The van der Waals surface area contributed by atoms with E-state index in [0.29, 0.717) is 11.5 Å². The first-order valence-electron chi connectivity index (χ1n) is 8.98. The van der Waals surface area contributed by atoms with E-state index in [4.69, 9.17) is 4.74 Å². The number of halogens is 1. The summed E-state index contributed by atoms with van der Waals surface area (Å²) in [5.74, 6) is 0.304. The van der Waals surface area contributed by atoms with Gasteiger partial charge in [-0.2, -0.15) is 5.10 Å². The van der Waals surface area contributed by atoms with Gasteiger partial charge in [-0.05, 0) is 55.0 Å². The molecule has 3 aromatic carbocycles. The van der Waals surface area contributed by atoms with Crippen molar-refractivity contribution in [2.45, 2.75) is 16.7 Å². The summed E-state index contributed by atoms with van der Waals surface area (Å²) in [5.41, 5.74) is 6.32. The summed E-state index contributed by atoms with van der Waals surface area (Å²) in [4.78, 5) is 14.4. The molecule has 0 bridgehead atoms. The van der Waals surface area contributed by atoms with Gasteiger partial charge in [0, 0.05) is 14.3 Å². The molecule has 0 spiro atoms. The highest BCUT2D eigenvalue weighted by Gasteiger charge is 2.16. The van der Waals surface area contributed by atoms with E-state index in [0.717, 1.165) is 26.3 Å². The van der Waals surface area contributed by atoms with Gasteiger partial charge in [0.05, 0.1) is 17.1 Å². The normalized spacial score (nSPS) is 12.4. The molecule has 5 nitrogen and oxygen atoms in total. The smallest absolute Gasteiger partial charge is 0.277 e. The minimum Gasteiger partial charge on any atom is -0.484 e. The minimum absolute atomic E-state index is 0.105. The summed E-state index contributed by atoms with van der Waals surface area (Å²) in [6.45, 7) is 1.76. The molecule has 3 aromatic rings. The predicted octanol–water partition coefficient (Wildman–Crippen LogP) is 5.58. The number of carbonyl (C=O) groups excluding carboxylic acids is 1. The summed E-state index contributed by atoms with van der Waals surface area (Å²) in [5, 5.41) is 7.67. The fourth-order valence-corrected chi connectivity index (χ4v) is 4.16. The van der Waals surface area contributed by atoms with Gasteiger partial charge >= 0.3 is 0 Å². The number of carbonyl (C=O) groups is 1. The average molecular weight is 468 g/mol. The van der Waals surface area contributed by atoms with Gasteiger partial charge in [-0.1, -0.05) is 52.0 Å². The van der Waals surface area contributed by atoms with Crippen LogP contribution >= 0.6 is 27.7 Å². The van der Waals surface area contributed by atoms with E-state index in [1.54, 1.807) is 23.9 Å². The number of hydrogen-bond donors (Lipinski definition) is 2. The maximum Gasteiger partial charge on any atom is 0.277 e. The molecular formula is C22H18BrN3O2S. The van der Waals surface area contributed by atoms with Crippen LogP contribution in [0.4, 0.5) is 11.4 Å². The Morgan fingerprint density at radius 2 is 1.90 bits per heavy atom. The van der Waals surface area contributed by atoms with Gasteiger partial charge in [0.2, 0.25) is 0 Å². The zero-order valence-corrected chi connectivity index (χ0v) is 18.0. The largest absolute Gasteiger partial charge is 0.484 e. The molecule has 2 N–H and O–H groups in total. The monoisotopic (exact) mass is 467 g/mol. The molecule has 4 rings (SSSR count). The Balaban J connectivity index is 1.39. The van der Waals surface area contributed by atoms with Gasteiger partial charge in [-0.15, -0.1) is 0 Å². The van der Waals surface area contributed by atoms with Crippen molar-refractivity contribution < 1.29 is 9.53 Å². The molecule has 0 fully saturated rings. The molecule has 146 valence electrons. The molecule has 0 unspecified atom stereocenters. The first kappa shape index (κ1) is 19.5. The molecule has 0 saturated heterocycles. The second-order valence-corrected chi connectivity index (χ2v) is 8.41. The van der Waals surface area contributed by atoms with Crippen molar-refractivity contribution in [2.75, 3.05) is 11.9 Å². The summed E-state index contributed by atoms with van der Waals surface area (Å²) in [6.07, 6.45) is 0. The molecular weight excluding hydrogens is 450 g/mol. The number of fused-ring (bicyclic) bond motifs is 2. The van der Waals surface area contributed by atoms with Crippen molar-refractivity contribution >= 4 is 50.7 Å². The molecule has 0 aromatic heterocycles. The lowest BCUT2D eigenvalue weighted by atomic mass is 10.1. The zero-order chi connectivity index (χ0) is 20.2. The van der Waals surface area contributed by atoms with E-state index >= 15 is 0 Å². The molecule has 0 radical (unpaired) electrons. The summed E-state index contributed by atoms with van der Waals surface area (Å²) >= 11 is 5.11. The van der Waals surface area contributed by atoms with Gasteiger partial charge in [-0.25, -0.2) is 5.43 Å². The number of benzene rings is 3. The van der Waals surface area contributed by atoms with Crippen LogP contribution in [-0.4, -0.2) is 18.2 Å². The van der Waals surface area contributed by atoms with E-state index in [1.807, 2.05) is 43.3 Å². The molecule has 1 amide bonds. The fourth-order valence-electron chi connectivity index (χ4n) is 2.81. The first-order valence-corrected chi connectivity index (χ1v) is 10.6. The molecule has 0 atom stereocenters. The number of nitrogens with one attached hydrogen (secondary N) is 2. The third kappa shape index (κ3) is 4.81. The zero-order valence-electron chi connectivity index (χ0n) is 15.6. The standard InChI is InChI=1S/C22H18BrN3O2S/c1-14(25-26-22(27)13-28-17-6-4-5-16(23)12-17)15-9-10-21-19(11-15)24-18-7-2-3-8-20(18)29-21/h2-12,24H,13H2,1H3,(H,26,27)/b25-14+. The molecule has 1 aliphatic heterocycles. The quantitative estimate of drug-likeness (QED) is 0.297. The van der Waals surface area contributed by atoms with Gasteiger partial charge in [0.15, 0.2) is 6.61 Å². The molecule has 29 heavy (non-hydrogen) atoms. The summed E-state index contributed by atoms with van der Waals surface area (Å²) < 4.78 is 6.36. The molecule has 1 aliphatic rings. The van der Waals surface area contributed by atoms with Crippen LogP contribution in [-0.2, 0) is 4.79 Å². The lowest BCUT2D eigenvalue weighted by Gasteiger charge is -2.21. The van der Waals surface area contributed by atoms with Crippen LogP contribution in [0.3, 0.4) is 0 Å². The third-order valence-electron chi connectivity index (χ3n) is 4.29. The van der Waals surface area contributed by atoms with Crippen LogP contribution in [0.25, 0.3) is 0 Å². The van der Waals surface area contributed by atoms with Crippen LogP contribution in [0.5, 0.6) is 5.75 Å². The van der Waals surface area contributed by atoms with Gasteiger partial charge in [0.1, 0.15) is 5.75 Å². The van der Waals surface area contributed by atoms with Gasteiger partial charge in [0.25, 0.3) is 5.91 Å². The van der Waals surface area contributed by atoms with Crippen molar-refractivity contribution in [2.24, 2.45) is 5.10 Å². The number of ether oxygens (including phenoxy) is 1. The Bertz CT molecular complexity index is 1100. The average Bonchev–Trinajstić information content (AvgIpc) is 2.74. The Morgan fingerprint density at radius 1 is 1.07 bits per heavy atom. The van der Waals surface area contributed by atoms with E-state index in [-0.39, 0.29) is 12.5 Å². The Kier molecular flexibility index (Phi) is 5.87. The van der Waals surface area contributed by atoms with E-state index in [1.165, 1.54) is 4.90 Å². The summed E-state index contributed by atoms with van der Waals surface area (Å²) in [6, 6.07) is 21.7. The molecule has 7 heteroatoms. The van der Waals surface area contributed by atoms with E-state index in [2.05, 4.69) is 50.0 Å². The fraction of sp³-hybridized carbons (Fsp3) is 0.0909. The minimum atomic E-state index is -0.315. The number of rotatable bonds is 5. The van der Waals surface area contributed by atoms with Crippen LogP contribution in [0.15, 0.2) is 86.1 Å². The maximum atomic E-state index is 12.0. The highest BCUT2D eigenvalue weighted by molar-refractivity contribution is 9.10. The third-order valence-corrected chi connectivity index (χ3v) is 5.93. The van der Waals surface area contributed by atoms with Gasteiger partial charge < -0.3 is 10.1 Å². The van der Waals surface area contributed by atoms with Gasteiger partial charge in [-0.3, -0.25) is 4.79 Å². The topological polar surface area (TPSA) is 62.7 Å². The highest BCUT2D eigenvalue weighted by Crippen LogP contribution is 2.44. The lowest BCUT2D eigenvalue weighted by molar-refractivity contribution is -0.123. The maximum absolute atomic E-state index is 12.0. The molecule has 0 aliphatic carbocycles. The summed E-state index contributed by atoms with van der Waals surface area (Å²) in [7, 11) is 0. The Labute approximate surface area is 181 Å². The van der Waals surface area contributed by atoms with Crippen molar-refractivity contribution in [1.82, 2.24) is 5.43 Å².